The van der Waals surface area contributed by atoms with Gasteiger partial charge in [-0.1, -0.05) is 17.7 Å². The SMILES string of the molecule is COc1ccc(Cl)cc1NC(=O)Nc1cccc2c1ccn2Cc1ccnc(C2(C(N)=O)CC2)c1. The molecule has 2 aromatic heterocycles. The average molecular weight is 490 g/mol. The fourth-order valence-electron chi connectivity index (χ4n) is 4.31. The molecule has 5 rings (SSSR count). The van der Waals surface area contributed by atoms with E-state index in [1.54, 1.807) is 24.4 Å². The molecule has 0 bridgehead atoms. The molecule has 35 heavy (non-hydrogen) atoms. The van der Waals surface area contributed by atoms with E-state index in [0.717, 1.165) is 35.0 Å². The summed E-state index contributed by atoms with van der Waals surface area (Å²) in [5.41, 5.74) is 8.84. The summed E-state index contributed by atoms with van der Waals surface area (Å²) in [6.45, 7) is 0.587. The molecule has 1 aliphatic rings. The number of carbonyl (C=O) groups excluding carboxylic acids is 2. The lowest BCUT2D eigenvalue weighted by Gasteiger charge is -2.13. The van der Waals surface area contributed by atoms with Gasteiger partial charge in [-0.25, -0.2) is 4.79 Å². The van der Waals surface area contributed by atoms with Gasteiger partial charge < -0.3 is 25.7 Å². The zero-order valence-corrected chi connectivity index (χ0v) is 19.8. The quantitative estimate of drug-likeness (QED) is 0.342. The summed E-state index contributed by atoms with van der Waals surface area (Å²) in [5.74, 6) is 0.188. The van der Waals surface area contributed by atoms with Crippen LogP contribution in [0.5, 0.6) is 5.75 Å². The molecule has 1 fully saturated rings. The van der Waals surface area contributed by atoms with Crippen molar-refractivity contribution in [1.82, 2.24) is 9.55 Å². The van der Waals surface area contributed by atoms with Crippen molar-refractivity contribution in [3.8, 4) is 5.75 Å². The van der Waals surface area contributed by atoms with Gasteiger partial charge >= 0.3 is 6.03 Å². The van der Waals surface area contributed by atoms with Crippen molar-refractivity contribution in [3.63, 3.8) is 0 Å². The molecule has 0 aliphatic heterocycles. The van der Waals surface area contributed by atoms with E-state index >= 15 is 0 Å². The normalized spacial score (nSPS) is 13.9. The Morgan fingerprint density at radius 2 is 1.91 bits per heavy atom. The summed E-state index contributed by atoms with van der Waals surface area (Å²) < 4.78 is 7.38. The van der Waals surface area contributed by atoms with Crippen LogP contribution in [0.3, 0.4) is 0 Å². The van der Waals surface area contributed by atoms with E-state index in [4.69, 9.17) is 22.1 Å². The fourth-order valence-corrected chi connectivity index (χ4v) is 4.48. The van der Waals surface area contributed by atoms with Crippen molar-refractivity contribution in [1.29, 1.82) is 0 Å². The predicted molar refractivity (Wildman–Crippen MR) is 136 cm³/mol. The van der Waals surface area contributed by atoms with Crippen LogP contribution in [0.25, 0.3) is 10.9 Å². The first-order chi connectivity index (χ1) is 16.9. The summed E-state index contributed by atoms with van der Waals surface area (Å²) >= 11 is 6.06. The molecule has 0 spiro atoms. The van der Waals surface area contributed by atoms with Gasteiger partial charge in [-0.05, 0) is 66.9 Å². The number of aromatic nitrogens is 2. The van der Waals surface area contributed by atoms with Gasteiger partial charge in [0.05, 0.1) is 35.1 Å². The van der Waals surface area contributed by atoms with Gasteiger partial charge in [0.1, 0.15) is 5.75 Å². The number of ether oxygens (including phenoxy) is 1. The summed E-state index contributed by atoms with van der Waals surface area (Å²) in [6.07, 6.45) is 5.17. The minimum atomic E-state index is -0.620. The monoisotopic (exact) mass is 489 g/mol. The number of amides is 3. The van der Waals surface area contributed by atoms with Crippen LogP contribution in [0.1, 0.15) is 24.1 Å². The number of pyridine rings is 1. The number of fused-ring (bicyclic) bond motifs is 1. The van der Waals surface area contributed by atoms with Crippen LogP contribution in [0, 0.1) is 0 Å². The Hall–Kier alpha value is -4.04. The molecule has 0 atom stereocenters. The minimum Gasteiger partial charge on any atom is -0.495 e. The molecule has 8 nitrogen and oxygen atoms in total. The minimum absolute atomic E-state index is 0.321. The van der Waals surface area contributed by atoms with Gasteiger partial charge in [0.25, 0.3) is 0 Å². The second kappa shape index (κ2) is 8.96. The Labute approximate surface area is 207 Å². The maximum Gasteiger partial charge on any atom is 0.323 e. The molecule has 2 heterocycles. The molecule has 178 valence electrons. The lowest BCUT2D eigenvalue weighted by molar-refractivity contribution is -0.120. The van der Waals surface area contributed by atoms with Crippen LogP contribution >= 0.6 is 11.6 Å². The molecule has 0 unspecified atom stereocenters. The number of urea groups is 1. The lowest BCUT2D eigenvalue weighted by Crippen LogP contribution is -2.29. The molecule has 0 saturated heterocycles. The van der Waals surface area contributed by atoms with Crippen molar-refractivity contribution in [3.05, 3.63) is 83.3 Å². The maximum atomic E-state index is 12.7. The van der Waals surface area contributed by atoms with E-state index in [9.17, 15) is 9.59 Å². The first kappa shape index (κ1) is 22.7. The van der Waals surface area contributed by atoms with Gasteiger partial charge in [-0.3, -0.25) is 9.78 Å². The largest absolute Gasteiger partial charge is 0.495 e. The zero-order valence-electron chi connectivity index (χ0n) is 19.0. The number of anilines is 2. The second-order valence-electron chi connectivity index (χ2n) is 8.60. The molecule has 4 aromatic rings. The Morgan fingerprint density at radius 1 is 1.11 bits per heavy atom. The second-order valence-corrected chi connectivity index (χ2v) is 9.04. The summed E-state index contributed by atoms with van der Waals surface area (Å²) in [5, 5.41) is 7.08. The van der Waals surface area contributed by atoms with Gasteiger partial charge in [0.2, 0.25) is 5.91 Å². The van der Waals surface area contributed by atoms with Crippen LogP contribution < -0.4 is 21.1 Å². The highest BCUT2D eigenvalue weighted by Crippen LogP contribution is 2.47. The fraction of sp³-hybridized carbons (Fsp3) is 0.192. The Kier molecular flexibility index (Phi) is 5.82. The lowest BCUT2D eigenvalue weighted by atomic mass is 9.99. The number of halogens is 1. The van der Waals surface area contributed by atoms with Crippen molar-refractivity contribution >= 4 is 45.8 Å². The smallest absolute Gasteiger partial charge is 0.323 e. The molecule has 0 radical (unpaired) electrons. The third-order valence-corrected chi connectivity index (χ3v) is 6.60. The number of nitrogens with one attached hydrogen (secondary N) is 2. The Morgan fingerprint density at radius 3 is 2.66 bits per heavy atom. The predicted octanol–water partition coefficient (Wildman–Crippen LogP) is 4.91. The molecule has 3 amide bonds. The summed E-state index contributed by atoms with van der Waals surface area (Å²) in [6, 6.07) is 16.2. The van der Waals surface area contributed by atoms with Crippen LogP contribution in [0.2, 0.25) is 5.02 Å². The van der Waals surface area contributed by atoms with Gasteiger partial charge in [-0.15, -0.1) is 0 Å². The van der Waals surface area contributed by atoms with Gasteiger partial charge in [0.15, 0.2) is 0 Å². The highest BCUT2D eigenvalue weighted by atomic mass is 35.5. The molecule has 9 heteroatoms. The molecule has 1 saturated carbocycles. The average Bonchev–Trinajstić information content (AvgIpc) is 3.56. The number of nitrogens with zero attached hydrogens (tertiary/aromatic N) is 2. The molecule has 2 aromatic carbocycles. The molecular weight excluding hydrogens is 466 g/mol. The zero-order chi connectivity index (χ0) is 24.6. The standard InChI is InChI=1S/C26H24ClN5O3/c1-35-22-6-5-17(27)14-20(22)31-25(34)30-19-3-2-4-21-18(19)8-12-32(21)15-16-7-11-29-23(13-16)26(9-10-26)24(28)33/h2-8,11-14H,9-10,15H2,1H3,(H2,28,33)(H2,30,31,34). The number of rotatable bonds is 7. The number of nitrogens with two attached hydrogens (primary N) is 1. The van der Waals surface area contributed by atoms with Crippen molar-refractivity contribution in [2.24, 2.45) is 5.73 Å². The Bertz CT molecular complexity index is 1440. The number of carbonyl (C=O) groups is 2. The third kappa shape index (κ3) is 4.40. The Balaban J connectivity index is 1.36. The number of hydrogen-bond donors (Lipinski definition) is 3. The van der Waals surface area contributed by atoms with E-state index in [1.807, 2.05) is 42.6 Å². The number of benzene rings is 2. The van der Waals surface area contributed by atoms with E-state index in [1.165, 1.54) is 7.11 Å². The highest BCUT2D eigenvalue weighted by molar-refractivity contribution is 6.31. The van der Waals surface area contributed by atoms with E-state index in [0.29, 0.717) is 28.7 Å². The van der Waals surface area contributed by atoms with Crippen molar-refractivity contribution < 1.29 is 14.3 Å². The van der Waals surface area contributed by atoms with Gasteiger partial charge in [-0.2, -0.15) is 0 Å². The number of methoxy groups -OCH3 is 1. The summed E-state index contributed by atoms with van der Waals surface area (Å²) in [4.78, 5) is 29.0. The van der Waals surface area contributed by atoms with E-state index in [-0.39, 0.29) is 5.91 Å². The first-order valence-corrected chi connectivity index (χ1v) is 11.5. The van der Waals surface area contributed by atoms with Crippen molar-refractivity contribution in [2.75, 3.05) is 17.7 Å². The number of hydrogen-bond acceptors (Lipinski definition) is 4. The molecule has 1 aliphatic carbocycles. The van der Waals surface area contributed by atoms with Crippen LogP contribution in [-0.2, 0) is 16.8 Å². The van der Waals surface area contributed by atoms with E-state index < -0.39 is 11.4 Å². The molecular formula is C26H24ClN5O3. The topological polar surface area (TPSA) is 111 Å². The van der Waals surface area contributed by atoms with Crippen molar-refractivity contribution in [2.45, 2.75) is 24.8 Å². The third-order valence-electron chi connectivity index (χ3n) is 6.36. The first-order valence-electron chi connectivity index (χ1n) is 11.1. The van der Waals surface area contributed by atoms with E-state index in [2.05, 4.69) is 20.2 Å². The van der Waals surface area contributed by atoms with Crippen LogP contribution in [0.15, 0.2) is 67.0 Å². The maximum absolute atomic E-state index is 12.7. The van der Waals surface area contributed by atoms with Crippen LogP contribution in [0.4, 0.5) is 16.2 Å². The molecule has 4 N–H and O–H groups in total. The number of primary amides is 1. The van der Waals surface area contributed by atoms with Gasteiger partial charge in [0, 0.05) is 29.3 Å². The highest BCUT2D eigenvalue weighted by Gasteiger charge is 2.51. The van der Waals surface area contributed by atoms with Crippen LogP contribution in [-0.4, -0.2) is 28.6 Å². The summed E-state index contributed by atoms with van der Waals surface area (Å²) in [7, 11) is 1.53.